The van der Waals surface area contributed by atoms with E-state index < -0.39 is 17.1 Å². The molecule has 1 unspecified atom stereocenters. The van der Waals surface area contributed by atoms with E-state index >= 15 is 0 Å². The van der Waals surface area contributed by atoms with Crippen molar-refractivity contribution >= 4 is 64.1 Å². The molecular weight excluding hydrogens is 483 g/mol. The van der Waals surface area contributed by atoms with Gasteiger partial charge in [-0.1, -0.05) is 53.5 Å². The minimum Gasteiger partial charge on any atom is -0.478 e. The fourth-order valence-electron chi connectivity index (χ4n) is 2.77. The maximum Gasteiger partial charge on any atom is 0.328 e. The molecule has 0 heterocycles. The highest BCUT2D eigenvalue weighted by Crippen LogP contribution is 2.37. The largest absolute Gasteiger partial charge is 0.478 e. The Balaban J connectivity index is 1.75. The molecule has 2 amide bonds. The number of thioether (sulfide) groups is 1. The molecule has 9 heteroatoms. The molecule has 0 saturated carbocycles. The molecule has 6 nitrogen and oxygen atoms in total. The SMILES string of the molecule is O=C(O)/C=C/C(=O)Nc1ccc(SC(C(=O)Nc2ccc(Cl)c(Cl)c2)c2ccccc2)cc1. The van der Waals surface area contributed by atoms with Gasteiger partial charge in [0, 0.05) is 28.4 Å². The Morgan fingerprint density at radius 3 is 2.12 bits per heavy atom. The molecule has 33 heavy (non-hydrogen) atoms. The van der Waals surface area contributed by atoms with Gasteiger partial charge in [0.05, 0.1) is 10.0 Å². The minimum absolute atomic E-state index is 0.235. The molecule has 0 spiro atoms. The predicted octanol–water partition coefficient (Wildman–Crippen LogP) is 6.04. The van der Waals surface area contributed by atoms with Crippen LogP contribution in [-0.2, 0) is 14.4 Å². The number of nitrogens with one attached hydrogen (secondary N) is 2. The first kappa shape index (κ1) is 24.4. The molecule has 0 aromatic heterocycles. The van der Waals surface area contributed by atoms with Crippen LogP contribution in [0.2, 0.25) is 10.0 Å². The van der Waals surface area contributed by atoms with Crippen molar-refractivity contribution in [3.05, 3.63) is 101 Å². The average molecular weight is 501 g/mol. The minimum atomic E-state index is -1.21. The van der Waals surface area contributed by atoms with Gasteiger partial charge in [-0.15, -0.1) is 11.8 Å². The van der Waals surface area contributed by atoms with E-state index in [1.54, 1.807) is 42.5 Å². The first-order valence-electron chi connectivity index (χ1n) is 9.61. The van der Waals surface area contributed by atoms with E-state index in [4.69, 9.17) is 28.3 Å². The van der Waals surface area contributed by atoms with Crippen LogP contribution < -0.4 is 10.6 Å². The summed E-state index contributed by atoms with van der Waals surface area (Å²) in [5, 5.41) is 14.2. The van der Waals surface area contributed by atoms with Crippen molar-refractivity contribution in [2.75, 3.05) is 10.6 Å². The first-order valence-corrected chi connectivity index (χ1v) is 11.2. The van der Waals surface area contributed by atoms with Crippen LogP contribution in [0.3, 0.4) is 0 Å². The average Bonchev–Trinajstić information content (AvgIpc) is 2.80. The number of carbonyl (C=O) groups excluding carboxylic acids is 2. The Hall–Kier alpha value is -3.26. The van der Waals surface area contributed by atoms with Crippen molar-refractivity contribution < 1.29 is 19.5 Å². The highest BCUT2D eigenvalue weighted by molar-refractivity contribution is 8.00. The van der Waals surface area contributed by atoms with Crippen LogP contribution in [0.4, 0.5) is 11.4 Å². The van der Waals surface area contributed by atoms with Crippen LogP contribution in [-0.4, -0.2) is 22.9 Å². The van der Waals surface area contributed by atoms with Gasteiger partial charge >= 0.3 is 5.97 Å². The molecule has 0 radical (unpaired) electrons. The number of rotatable bonds is 8. The standard InChI is InChI=1S/C24H18Cl2N2O4S/c25-19-11-8-17(14-20(19)26)28-24(32)23(15-4-2-1-3-5-15)33-18-9-6-16(7-10-18)27-21(29)12-13-22(30)31/h1-14,23H,(H,27,29)(H,28,32)(H,30,31)/b13-12+. The zero-order chi connectivity index (χ0) is 23.8. The Morgan fingerprint density at radius 1 is 0.818 bits per heavy atom. The number of anilines is 2. The van der Waals surface area contributed by atoms with Crippen LogP contribution in [0.5, 0.6) is 0 Å². The summed E-state index contributed by atoms with van der Waals surface area (Å²) >= 11 is 13.4. The van der Waals surface area contributed by atoms with E-state index in [0.717, 1.165) is 22.6 Å². The number of carboxylic acids is 1. The van der Waals surface area contributed by atoms with Gasteiger partial charge < -0.3 is 15.7 Å². The van der Waals surface area contributed by atoms with Crippen molar-refractivity contribution in [1.29, 1.82) is 0 Å². The molecule has 3 aromatic rings. The number of aliphatic carboxylic acids is 1. The highest BCUT2D eigenvalue weighted by Gasteiger charge is 2.22. The smallest absolute Gasteiger partial charge is 0.328 e. The van der Waals surface area contributed by atoms with Crippen molar-refractivity contribution in [3.8, 4) is 0 Å². The Kier molecular flexibility index (Phi) is 8.54. The van der Waals surface area contributed by atoms with Gasteiger partial charge in [-0.3, -0.25) is 9.59 Å². The highest BCUT2D eigenvalue weighted by atomic mass is 35.5. The number of hydrogen-bond acceptors (Lipinski definition) is 4. The summed E-state index contributed by atoms with van der Waals surface area (Å²) in [6.07, 6.45) is 1.69. The number of amides is 2. The second-order valence-corrected chi connectivity index (χ2v) is 8.70. The van der Waals surface area contributed by atoms with Crippen molar-refractivity contribution in [2.45, 2.75) is 10.1 Å². The molecule has 0 aliphatic carbocycles. The third-order valence-electron chi connectivity index (χ3n) is 4.28. The summed E-state index contributed by atoms with van der Waals surface area (Å²) in [6, 6.07) is 21.1. The van der Waals surface area contributed by atoms with Crippen LogP contribution in [0.15, 0.2) is 89.8 Å². The van der Waals surface area contributed by atoms with Crippen molar-refractivity contribution in [2.24, 2.45) is 0 Å². The topological polar surface area (TPSA) is 95.5 Å². The number of hydrogen-bond donors (Lipinski definition) is 3. The van der Waals surface area contributed by atoms with Gasteiger partial charge in [-0.2, -0.15) is 0 Å². The molecule has 168 valence electrons. The zero-order valence-electron chi connectivity index (χ0n) is 17.0. The van der Waals surface area contributed by atoms with E-state index in [1.807, 2.05) is 30.3 Å². The maximum atomic E-state index is 13.1. The van der Waals surface area contributed by atoms with E-state index in [2.05, 4.69) is 10.6 Å². The fraction of sp³-hybridized carbons (Fsp3) is 0.0417. The van der Waals surface area contributed by atoms with Gasteiger partial charge in [0.25, 0.3) is 0 Å². The lowest BCUT2D eigenvalue weighted by Crippen LogP contribution is -2.19. The van der Waals surface area contributed by atoms with Crippen LogP contribution in [0.1, 0.15) is 10.8 Å². The van der Waals surface area contributed by atoms with Crippen molar-refractivity contribution in [1.82, 2.24) is 0 Å². The van der Waals surface area contributed by atoms with E-state index in [1.165, 1.54) is 11.8 Å². The first-order chi connectivity index (χ1) is 15.8. The van der Waals surface area contributed by atoms with Gasteiger partial charge in [0.1, 0.15) is 5.25 Å². The van der Waals surface area contributed by atoms with Crippen LogP contribution in [0, 0.1) is 0 Å². The van der Waals surface area contributed by atoms with E-state index in [0.29, 0.717) is 21.4 Å². The number of carboxylic acid groups (broad SMARTS) is 1. The Bertz CT molecular complexity index is 1180. The summed E-state index contributed by atoms with van der Waals surface area (Å²) in [6.45, 7) is 0. The molecular formula is C24H18Cl2N2O4S. The Labute approximate surface area is 204 Å². The summed E-state index contributed by atoms with van der Waals surface area (Å²) in [7, 11) is 0. The molecule has 0 bridgehead atoms. The molecule has 0 fully saturated rings. The van der Waals surface area contributed by atoms with Gasteiger partial charge in [0.15, 0.2) is 0 Å². The molecule has 3 N–H and O–H groups in total. The normalized spacial score (nSPS) is 11.7. The zero-order valence-corrected chi connectivity index (χ0v) is 19.3. The Morgan fingerprint density at radius 2 is 1.48 bits per heavy atom. The monoisotopic (exact) mass is 500 g/mol. The predicted molar refractivity (Wildman–Crippen MR) is 132 cm³/mol. The summed E-state index contributed by atoms with van der Waals surface area (Å²) in [5.74, 6) is -2.00. The van der Waals surface area contributed by atoms with E-state index in [9.17, 15) is 14.4 Å². The summed E-state index contributed by atoms with van der Waals surface area (Å²) in [4.78, 5) is 36.2. The molecule has 3 rings (SSSR count). The van der Waals surface area contributed by atoms with Crippen molar-refractivity contribution in [3.63, 3.8) is 0 Å². The maximum absolute atomic E-state index is 13.1. The lowest BCUT2D eigenvalue weighted by Gasteiger charge is -2.17. The number of carbonyl (C=O) groups is 3. The molecule has 3 aromatic carbocycles. The quantitative estimate of drug-likeness (QED) is 0.258. The van der Waals surface area contributed by atoms with Gasteiger partial charge in [-0.05, 0) is 48.0 Å². The number of halogens is 2. The molecule has 0 saturated heterocycles. The second-order valence-electron chi connectivity index (χ2n) is 6.71. The lowest BCUT2D eigenvalue weighted by molar-refractivity contribution is -0.131. The second kappa shape index (κ2) is 11.6. The summed E-state index contributed by atoms with van der Waals surface area (Å²) < 4.78 is 0. The third-order valence-corrected chi connectivity index (χ3v) is 6.29. The van der Waals surface area contributed by atoms with Gasteiger partial charge in [-0.25, -0.2) is 4.79 Å². The van der Waals surface area contributed by atoms with Crippen LogP contribution >= 0.6 is 35.0 Å². The lowest BCUT2D eigenvalue weighted by atomic mass is 10.1. The van der Waals surface area contributed by atoms with E-state index in [-0.39, 0.29) is 5.91 Å². The van der Waals surface area contributed by atoms with Crippen LogP contribution in [0.25, 0.3) is 0 Å². The third kappa shape index (κ3) is 7.39. The molecule has 1 atom stereocenters. The van der Waals surface area contributed by atoms with Gasteiger partial charge in [0.2, 0.25) is 11.8 Å². The number of benzene rings is 3. The molecule has 0 aliphatic rings. The summed E-state index contributed by atoms with van der Waals surface area (Å²) in [5.41, 5.74) is 1.84. The molecule has 0 aliphatic heterocycles. The fourth-order valence-corrected chi connectivity index (χ4v) is 4.09.